The summed E-state index contributed by atoms with van der Waals surface area (Å²) in [5, 5.41) is 6.95. The molecule has 0 radical (unpaired) electrons. The molecule has 0 unspecified atom stereocenters. The van der Waals surface area contributed by atoms with Gasteiger partial charge in [-0.1, -0.05) is 0 Å². The average molecular weight is 306 g/mol. The zero-order valence-electron chi connectivity index (χ0n) is 14.2. The standard InChI is InChI=1S/C18H34N4/c1-5-18(14-20-15-18)6-2-17(1)22-9-3-16(4-10-22)13-21-11-7-19-8-12-21/h16-17,19-20H,1-15H2. The van der Waals surface area contributed by atoms with E-state index in [1.165, 1.54) is 97.4 Å². The van der Waals surface area contributed by atoms with E-state index >= 15 is 0 Å². The van der Waals surface area contributed by atoms with Gasteiger partial charge in [0.1, 0.15) is 0 Å². The van der Waals surface area contributed by atoms with Crippen LogP contribution in [0.25, 0.3) is 0 Å². The van der Waals surface area contributed by atoms with Gasteiger partial charge in [-0.2, -0.15) is 0 Å². The first kappa shape index (κ1) is 15.4. The molecule has 126 valence electrons. The number of piperazine rings is 1. The van der Waals surface area contributed by atoms with E-state index in [4.69, 9.17) is 0 Å². The third kappa shape index (κ3) is 3.35. The van der Waals surface area contributed by atoms with Crippen molar-refractivity contribution in [3.05, 3.63) is 0 Å². The Hall–Kier alpha value is -0.160. The van der Waals surface area contributed by atoms with E-state index in [9.17, 15) is 0 Å². The summed E-state index contributed by atoms with van der Waals surface area (Å²) in [6.45, 7) is 11.6. The van der Waals surface area contributed by atoms with Crippen LogP contribution < -0.4 is 10.6 Å². The Balaban J connectivity index is 1.19. The fraction of sp³-hybridized carbons (Fsp3) is 1.00. The molecule has 4 fully saturated rings. The van der Waals surface area contributed by atoms with E-state index in [1.54, 1.807) is 0 Å². The molecule has 4 rings (SSSR count). The van der Waals surface area contributed by atoms with Crippen LogP contribution in [0.2, 0.25) is 0 Å². The molecular formula is C18H34N4. The van der Waals surface area contributed by atoms with E-state index in [0.29, 0.717) is 0 Å². The molecule has 1 saturated carbocycles. The minimum absolute atomic E-state index is 0.719. The van der Waals surface area contributed by atoms with Crippen molar-refractivity contribution in [3.63, 3.8) is 0 Å². The van der Waals surface area contributed by atoms with E-state index in [2.05, 4.69) is 20.4 Å². The Morgan fingerprint density at radius 2 is 1.50 bits per heavy atom. The fourth-order valence-corrected chi connectivity index (χ4v) is 5.17. The average Bonchev–Trinajstić information content (AvgIpc) is 2.55. The largest absolute Gasteiger partial charge is 0.316 e. The molecule has 0 aromatic rings. The number of piperidine rings is 1. The summed E-state index contributed by atoms with van der Waals surface area (Å²) in [6, 6.07) is 0.909. The van der Waals surface area contributed by atoms with Gasteiger partial charge in [-0.15, -0.1) is 0 Å². The predicted octanol–water partition coefficient (Wildman–Crippen LogP) is 1.14. The lowest BCUT2D eigenvalue weighted by atomic mass is 9.68. The molecule has 0 aromatic carbocycles. The molecule has 22 heavy (non-hydrogen) atoms. The Morgan fingerprint density at radius 3 is 2.09 bits per heavy atom. The SMILES string of the molecule is C1CN(CC2CCN(C3CCC4(CC3)CNC4)CC2)CCN1. The van der Waals surface area contributed by atoms with Gasteiger partial charge in [0.25, 0.3) is 0 Å². The summed E-state index contributed by atoms with van der Waals surface area (Å²) in [5.41, 5.74) is 0.719. The van der Waals surface area contributed by atoms with Crippen molar-refractivity contribution in [2.24, 2.45) is 11.3 Å². The third-order valence-electron chi connectivity index (χ3n) is 6.91. The molecule has 3 heterocycles. The van der Waals surface area contributed by atoms with Crippen molar-refractivity contribution in [3.8, 4) is 0 Å². The quantitative estimate of drug-likeness (QED) is 0.818. The Labute approximate surface area is 136 Å². The van der Waals surface area contributed by atoms with Crippen LogP contribution in [0.5, 0.6) is 0 Å². The van der Waals surface area contributed by atoms with Crippen LogP contribution in [0.15, 0.2) is 0 Å². The molecule has 1 aliphatic carbocycles. The summed E-state index contributed by atoms with van der Waals surface area (Å²) in [6.07, 6.45) is 8.76. The van der Waals surface area contributed by atoms with Crippen molar-refractivity contribution in [1.82, 2.24) is 20.4 Å². The molecule has 4 heteroatoms. The highest BCUT2D eigenvalue weighted by Gasteiger charge is 2.41. The van der Waals surface area contributed by atoms with E-state index in [-0.39, 0.29) is 0 Å². The Morgan fingerprint density at radius 1 is 0.818 bits per heavy atom. The maximum atomic E-state index is 3.49. The van der Waals surface area contributed by atoms with Crippen LogP contribution in [-0.2, 0) is 0 Å². The molecule has 3 aliphatic heterocycles. The molecule has 1 spiro atoms. The molecule has 0 amide bonds. The maximum Gasteiger partial charge on any atom is 0.0107 e. The van der Waals surface area contributed by atoms with Gasteiger partial charge in [0.05, 0.1) is 0 Å². The maximum absolute atomic E-state index is 3.49. The van der Waals surface area contributed by atoms with Crippen molar-refractivity contribution in [1.29, 1.82) is 0 Å². The van der Waals surface area contributed by atoms with Gasteiger partial charge in [0.15, 0.2) is 0 Å². The second-order valence-corrected chi connectivity index (χ2v) is 8.36. The van der Waals surface area contributed by atoms with E-state index < -0.39 is 0 Å². The zero-order chi connectivity index (χ0) is 14.8. The third-order valence-corrected chi connectivity index (χ3v) is 6.91. The van der Waals surface area contributed by atoms with Crippen LogP contribution in [0.3, 0.4) is 0 Å². The topological polar surface area (TPSA) is 30.5 Å². The lowest BCUT2D eigenvalue weighted by molar-refractivity contribution is 0.0317. The molecular weight excluding hydrogens is 272 g/mol. The summed E-state index contributed by atoms with van der Waals surface area (Å²) in [4.78, 5) is 5.53. The van der Waals surface area contributed by atoms with Crippen LogP contribution in [-0.4, -0.2) is 74.7 Å². The smallest absolute Gasteiger partial charge is 0.0107 e. The number of hydrogen-bond donors (Lipinski definition) is 2. The summed E-state index contributed by atoms with van der Waals surface area (Å²) in [7, 11) is 0. The van der Waals surface area contributed by atoms with Gasteiger partial charge in [0.2, 0.25) is 0 Å². The second-order valence-electron chi connectivity index (χ2n) is 8.36. The summed E-state index contributed by atoms with van der Waals surface area (Å²) >= 11 is 0. The molecule has 2 N–H and O–H groups in total. The number of hydrogen-bond acceptors (Lipinski definition) is 4. The van der Waals surface area contributed by atoms with E-state index in [0.717, 1.165) is 17.4 Å². The first-order valence-electron chi connectivity index (χ1n) is 9.71. The van der Waals surface area contributed by atoms with Crippen molar-refractivity contribution in [2.45, 2.75) is 44.6 Å². The van der Waals surface area contributed by atoms with Crippen molar-refractivity contribution < 1.29 is 0 Å². The van der Waals surface area contributed by atoms with Gasteiger partial charge in [-0.3, -0.25) is 0 Å². The molecule has 0 aromatic heterocycles. The number of likely N-dealkylation sites (tertiary alicyclic amines) is 1. The lowest BCUT2D eigenvalue weighted by Gasteiger charge is -2.50. The Bertz CT molecular complexity index is 344. The fourth-order valence-electron chi connectivity index (χ4n) is 5.17. The Kier molecular flexibility index (Phi) is 4.72. The highest BCUT2D eigenvalue weighted by molar-refractivity contribution is 4.97. The summed E-state index contributed by atoms with van der Waals surface area (Å²) < 4.78 is 0. The molecule has 0 atom stereocenters. The normalized spacial score (nSPS) is 32.2. The number of rotatable bonds is 3. The first-order valence-corrected chi connectivity index (χ1v) is 9.71. The highest BCUT2D eigenvalue weighted by atomic mass is 15.2. The zero-order valence-corrected chi connectivity index (χ0v) is 14.2. The van der Waals surface area contributed by atoms with Crippen LogP contribution in [0, 0.1) is 11.3 Å². The van der Waals surface area contributed by atoms with Crippen LogP contribution in [0.4, 0.5) is 0 Å². The minimum Gasteiger partial charge on any atom is -0.316 e. The molecule has 0 bridgehead atoms. The van der Waals surface area contributed by atoms with Crippen molar-refractivity contribution >= 4 is 0 Å². The monoisotopic (exact) mass is 306 g/mol. The van der Waals surface area contributed by atoms with E-state index in [1.807, 2.05) is 0 Å². The lowest BCUT2D eigenvalue weighted by Crippen LogP contribution is -2.57. The van der Waals surface area contributed by atoms with Gasteiger partial charge in [0, 0.05) is 51.9 Å². The van der Waals surface area contributed by atoms with Gasteiger partial charge in [-0.05, 0) is 62.9 Å². The number of nitrogens with one attached hydrogen (secondary N) is 2. The van der Waals surface area contributed by atoms with Gasteiger partial charge < -0.3 is 20.4 Å². The summed E-state index contributed by atoms with van der Waals surface area (Å²) in [5.74, 6) is 0.958. The number of nitrogens with zero attached hydrogens (tertiary/aromatic N) is 2. The van der Waals surface area contributed by atoms with Crippen LogP contribution in [0.1, 0.15) is 38.5 Å². The minimum atomic E-state index is 0.719. The molecule has 3 saturated heterocycles. The predicted molar refractivity (Wildman–Crippen MR) is 91.2 cm³/mol. The highest BCUT2D eigenvalue weighted by Crippen LogP contribution is 2.41. The second kappa shape index (κ2) is 6.76. The first-order chi connectivity index (χ1) is 10.8. The molecule has 4 nitrogen and oxygen atoms in total. The van der Waals surface area contributed by atoms with Gasteiger partial charge >= 0.3 is 0 Å². The van der Waals surface area contributed by atoms with Crippen molar-refractivity contribution in [2.75, 3.05) is 58.9 Å². The molecule has 4 aliphatic rings. The van der Waals surface area contributed by atoms with Crippen LogP contribution >= 0.6 is 0 Å². The van der Waals surface area contributed by atoms with Gasteiger partial charge in [-0.25, -0.2) is 0 Å².